The Morgan fingerprint density at radius 2 is 1.60 bits per heavy atom. The maximum Gasteiger partial charge on any atom is 0.242 e. The summed E-state index contributed by atoms with van der Waals surface area (Å²) in [5.74, 6) is 0.162. The normalized spacial score (nSPS) is 12.2. The highest BCUT2D eigenvalue weighted by atomic mass is 32.2. The van der Waals surface area contributed by atoms with E-state index in [2.05, 4.69) is 10.0 Å². The molecule has 0 fully saturated rings. The van der Waals surface area contributed by atoms with Gasteiger partial charge in [-0.1, -0.05) is 48.5 Å². The number of nitrogens with one attached hydrogen (secondary N) is 2. The van der Waals surface area contributed by atoms with Crippen LogP contribution < -0.4 is 14.8 Å². The number of amides is 1. The highest BCUT2D eigenvalue weighted by Gasteiger charge is 2.26. The van der Waals surface area contributed by atoms with Gasteiger partial charge in [0.2, 0.25) is 15.9 Å². The zero-order chi connectivity index (χ0) is 21.6. The van der Waals surface area contributed by atoms with Gasteiger partial charge in [-0.15, -0.1) is 0 Å². The van der Waals surface area contributed by atoms with Crippen molar-refractivity contribution in [1.82, 2.24) is 4.72 Å². The molecule has 0 aliphatic rings. The van der Waals surface area contributed by atoms with Crippen molar-refractivity contribution in [3.63, 3.8) is 0 Å². The SMILES string of the molecule is COc1ccc(S(=O)(=O)N[C@H](Cc2ccccc2)C(=O)Nc2ccccc2)cc1C. The zero-order valence-corrected chi connectivity index (χ0v) is 17.6. The Kier molecular flexibility index (Phi) is 6.87. The zero-order valence-electron chi connectivity index (χ0n) is 16.8. The van der Waals surface area contributed by atoms with Crippen molar-refractivity contribution in [2.45, 2.75) is 24.3 Å². The van der Waals surface area contributed by atoms with Crippen LogP contribution in [0.1, 0.15) is 11.1 Å². The Balaban J connectivity index is 1.87. The third-order valence-electron chi connectivity index (χ3n) is 4.61. The van der Waals surface area contributed by atoms with Gasteiger partial charge in [-0.05, 0) is 54.8 Å². The van der Waals surface area contributed by atoms with Crippen LogP contribution in [0.2, 0.25) is 0 Å². The van der Waals surface area contributed by atoms with Crippen LogP contribution in [0.5, 0.6) is 5.75 Å². The highest BCUT2D eigenvalue weighted by Crippen LogP contribution is 2.22. The first-order valence-electron chi connectivity index (χ1n) is 9.46. The van der Waals surface area contributed by atoms with E-state index in [0.717, 1.165) is 5.56 Å². The Morgan fingerprint density at radius 3 is 2.20 bits per heavy atom. The molecule has 7 heteroatoms. The molecule has 30 heavy (non-hydrogen) atoms. The van der Waals surface area contributed by atoms with Gasteiger partial charge >= 0.3 is 0 Å². The third kappa shape index (κ3) is 5.46. The number of sulfonamides is 1. The summed E-state index contributed by atoms with van der Waals surface area (Å²) in [7, 11) is -2.40. The molecule has 0 heterocycles. The molecule has 0 aliphatic carbocycles. The lowest BCUT2D eigenvalue weighted by molar-refractivity contribution is -0.117. The first-order valence-corrected chi connectivity index (χ1v) is 10.9. The topological polar surface area (TPSA) is 84.5 Å². The number of rotatable bonds is 8. The van der Waals surface area contributed by atoms with E-state index in [4.69, 9.17) is 4.74 Å². The van der Waals surface area contributed by atoms with Crippen LogP contribution in [-0.2, 0) is 21.2 Å². The van der Waals surface area contributed by atoms with Gasteiger partial charge in [0.25, 0.3) is 0 Å². The van der Waals surface area contributed by atoms with Crippen LogP contribution in [0.25, 0.3) is 0 Å². The minimum atomic E-state index is -3.93. The number of anilines is 1. The summed E-state index contributed by atoms with van der Waals surface area (Å²) in [6.07, 6.45) is 0.216. The van der Waals surface area contributed by atoms with Crippen LogP contribution in [-0.4, -0.2) is 27.5 Å². The second-order valence-electron chi connectivity index (χ2n) is 6.85. The van der Waals surface area contributed by atoms with Crippen molar-refractivity contribution >= 4 is 21.6 Å². The molecular formula is C23H24N2O4S. The molecule has 0 saturated heterocycles. The first kappa shape index (κ1) is 21.5. The smallest absolute Gasteiger partial charge is 0.242 e. The minimum Gasteiger partial charge on any atom is -0.496 e. The maximum absolute atomic E-state index is 13.0. The second-order valence-corrected chi connectivity index (χ2v) is 8.56. The molecule has 0 spiro atoms. The number of carbonyl (C=O) groups excluding carboxylic acids is 1. The van der Waals surface area contributed by atoms with Crippen molar-refractivity contribution in [2.75, 3.05) is 12.4 Å². The average Bonchev–Trinajstić information content (AvgIpc) is 2.74. The number of hydrogen-bond acceptors (Lipinski definition) is 4. The largest absolute Gasteiger partial charge is 0.496 e. The van der Waals surface area contributed by atoms with Gasteiger partial charge in [0.15, 0.2) is 0 Å². The van der Waals surface area contributed by atoms with Crippen molar-refractivity contribution in [1.29, 1.82) is 0 Å². The number of para-hydroxylation sites is 1. The number of hydrogen-bond donors (Lipinski definition) is 2. The van der Waals surface area contributed by atoms with Gasteiger partial charge in [0, 0.05) is 5.69 Å². The standard InChI is InChI=1S/C23H24N2O4S/c1-17-15-20(13-14-22(17)29-2)30(27,28)25-21(16-18-9-5-3-6-10-18)23(26)24-19-11-7-4-8-12-19/h3-15,21,25H,16H2,1-2H3,(H,24,26)/t21-/m1/s1. The van der Waals surface area contributed by atoms with E-state index in [1.54, 1.807) is 37.3 Å². The fourth-order valence-corrected chi connectivity index (χ4v) is 4.34. The number of methoxy groups -OCH3 is 1. The summed E-state index contributed by atoms with van der Waals surface area (Å²) >= 11 is 0. The van der Waals surface area contributed by atoms with E-state index in [9.17, 15) is 13.2 Å². The van der Waals surface area contributed by atoms with E-state index < -0.39 is 22.0 Å². The molecule has 156 valence electrons. The summed E-state index contributed by atoms with van der Waals surface area (Å²) in [6.45, 7) is 1.77. The average molecular weight is 425 g/mol. The predicted octanol–water partition coefficient (Wildman–Crippen LogP) is 3.53. The van der Waals surface area contributed by atoms with Gasteiger partial charge in [0.1, 0.15) is 11.8 Å². The number of carbonyl (C=O) groups is 1. The van der Waals surface area contributed by atoms with E-state index in [-0.39, 0.29) is 11.3 Å². The van der Waals surface area contributed by atoms with Gasteiger partial charge < -0.3 is 10.1 Å². The van der Waals surface area contributed by atoms with E-state index in [0.29, 0.717) is 17.0 Å². The molecule has 0 aliphatic heterocycles. The first-order chi connectivity index (χ1) is 14.4. The van der Waals surface area contributed by atoms with Crippen LogP contribution in [0.15, 0.2) is 83.8 Å². The predicted molar refractivity (Wildman–Crippen MR) is 117 cm³/mol. The monoisotopic (exact) mass is 424 g/mol. The summed E-state index contributed by atoms with van der Waals surface area (Å²) < 4.78 is 33.8. The molecule has 0 saturated carbocycles. The quantitative estimate of drug-likeness (QED) is 0.579. The third-order valence-corrected chi connectivity index (χ3v) is 6.08. The van der Waals surface area contributed by atoms with Crippen LogP contribution >= 0.6 is 0 Å². The second kappa shape index (κ2) is 9.56. The Hall–Kier alpha value is -3.16. The van der Waals surface area contributed by atoms with Gasteiger partial charge in [-0.25, -0.2) is 8.42 Å². The Bertz CT molecular complexity index is 1100. The lowest BCUT2D eigenvalue weighted by Gasteiger charge is -2.19. The summed E-state index contributed by atoms with van der Waals surface area (Å²) in [6, 6.07) is 21.8. The minimum absolute atomic E-state index is 0.0753. The fraction of sp³-hybridized carbons (Fsp3) is 0.174. The van der Waals surface area contributed by atoms with E-state index in [1.807, 2.05) is 36.4 Å². The van der Waals surface area contributed by atoms with Crippen molar-refractivity contribution < 1.29 is 17.9 Å². The van der Waals surface area contributed by atoms with Crippen molar-refractivity contribution in [2.24, 2.45) is 0 Å². The van der Waals surface area contributed by atoms with Crippen LogP contribution in [0.4, 0.5) is 5.69 Å². The summed E-state index contributed by atoms with van der Waals surface area (Å²) in [5, 5.41) is 2.78. The lowest BCUT2D eigenvalue weighted by Crippen LogP contribution is -2.45. The number of ether oxygens (including phenoxy) is 1. The van der Waals surface area contributed by atoms with Crippen molar-refractivity contribution in [3.8, 4) is 5.75 Å². The molecular weight excluding hydrogens is 400 g/mol. The lowest BCUT2D eigenvalue weighted by atomic mass is 10.1. The molecule has 3 rings (SSSR count). The molecule has 0 unspecified atom stereocenters. The molecule has 1 atom stereocenters. The van der Waals surface area contributed by atoms with Gasteiger partial charge in [-0.3, -0.25) is 4.79 Å². The molecule has 3 aromatic rings. The molecule has 6 nitrogen and oxygen atoms in total. The fourth-order valence-electron chi connectivity index (χ4n) is 3.06. The molecule has 0 aromatic heterocycles. The van der Waals surface area contributed by atoms with E-state index in [1.165, 1.54) is 19.2 Å². The van der Waals surface area contributed by atoms with Crippen LogP contribution in [0.3, 0.4) is 0 Å². The molecule has 2 N–H and O–H groups in total. The molecule has 1 amide bonds. The van der Waals surface area contributed by atoms with Crippen LogP contribution in [0, 0.1) is 6.92 Å². The Morgan fingerprint density at radius 1 is 0.967 bits per heavy atom. The van der Waals surface area contributed by atoms with Gasteiger partial charge in [-0.2, -0.15) is 4.72 Å². The Labute approximate surface area is 177 Å². The maximum atomic E-state index is 13.0. The summed E-state index contributed by atoms with van der Waals surface area (Å²) in [5.41, 5.74) is 2.13. The van der Waals surface area contributed by atoms with Crippen molar-refractivity contribution in [3.05, 3.63) is 90.0 Å². The van der Waals surface area contributed by atoms with E-state index >= 15 is 0 Å². The number of aryl methyl sites for hydroxylation is 1. The molecule has 3 aromatic carbocycles. The van der Waals surface area contributed by atoms with Gasteiger partial charge in [0.05, 0.1) is 12.0 Å². The highest BCUT2D eigenvalue weighted by molar-refractivity contribution is 7.89. The number of benzene rings is 3. The molecule has 0 bridgehead atoms. The molecule has 0 radical (unpaired) electrons. The summed E-state index contributed by atoms with van der Waals surface area (Å²) in [4.78, 5) is 13.0.